The third kappa shape index (κ3) is 5.54. The number of carbonyl (C=O) groups is 3. The van der Waals surface area contributed by atoms with Gasteiger partial charge in [0.2, 0.25) is 17.2 Å². The lowest BCUT2D eigenvalue weighted by atomic mass is 9.89. The minimum Gasteiger partial charge on any atom is -0.445 e. The van der Waals surface area contributed by atoms with Crippen molar-refractivity contribution in [2.24, 2.45) is 4.99 Å². The highest BCUT2D eigenvalue weighted by Crippen LogP contribution is 2.31. The van der Waals surface area contributed by atoms with Gasteiger partial charge in [-0.15, -0.1) is 0 Å². The number of amides is 1. The highest BCUT2D eigenvalue weighted by molar-refractivity contribution is 6.19. The lowest BCUT2D eigenvalue weighted by molar-refractivity contribution is -0.149. The molecule has 0 fully saturated rings. The van der Waals surface area contributed by atoms with Crippen LogP contribution in [0.25, 0.3) is 0 Å². The molecule has 1 amide bonds. The van der Waals surface area contributed by atoms with E-state index >= 15 is 0 Å². The first kappa shape index (κ1) is 23.1. The summed E-state index contributed by atoms with van der Waals surface area (Å²) in [5.74, 6) is -2.87. The number of nitrogens with one attached hydrogen (secondary N) is 1. The van der Waals surface area contributed by atoms with E-state index in [0.717, 1.165) is 5.56 Å². The highest BCUT2D eigenvalue weighted by Gasteiger charge is 2.54. The number of ketones is 1. The number of nitrogens with zero attached hydrogens (tertiary/aromatic N) is 1. The van der Waals surface area contributed by atoms with E-state index in [9.17, 15) is 23.2 Å². The third-order valence-electron chi connectivity index (χ3n) is 4.89. The Hall–Kier alpha value is -3.62. The van der Waals surface area contributed by atoms with E-state index < -0.39 is 29.8 Å². The van der Waals surface area contributed by atoms with E-state index in [0.29, 0.717) is 12.0 Å². The van der Waals surface area contributed by atoms with E-state index in [4.69, 9.17) is 9.47 Å². The van der Waals surface area contributed by atoms with Crippen LogP contribution in [-0.2, 0) is 25.7 Å². The molecule has 0 aromatic heterocycles. The Morgan fingerprint density at radius 2 is 1.69 bits per heavy atom. The quantitative estimate of drug-likeness (QED) is 0.343. The van der Waals surface area contributed by atoms with E-state index in [1.165, 1.54) is 0 Å². The number of hydrogen-bond donors (Lipinski definition) is 1. The molecule has 168 valence electrons. The molecule has 0 saturated heterocycles. The summed E-state index contributed by atoms with van der Waals surface area (Å²) in [7, 11) is 0. The second-order valence-electron chi connectivity index (χ2n) is 7.14. The number of rotatable bonds is 10. The van der Waals surface area contributed by atoms with Crippen LogP contribution in [0.4, 0.5) is 13.6 Å². The van der Waals surface area contributed by atoms with Crippen molar-refractivity contribution in [2.75, 3.05) is 6.54 Å². The molecule has 0 spiro atoms. The molecule has 2 aromatic rings. The first-order valence-electron chi connectivity index (χ1n) is 10.1. The van der Waals surface area contributed by atoms with Gasteiger partial charge in [0.15, 0.2) is 0 Å². The van der Waals surface area contributed by atoms with E-state index in [2.05, 4.69) is 10.3 Å². The minimum atomic E-state index is -3.37. The maximum absolute atomic E-state index is 13.2. The predicted molar refractivity (Wildman–Crippen MR) is 111 cm³/mol. The Labute approximate surface area is 183 Å². The van der Waals surface area contributed by atoms with Crippen LogP contribution in [0.15, 0.2) is 65.7 Å². The average molecular weight is 444 g/mol. The predicted octanol–water partition coefficient (Wildman–Crippen LogP) is 3.66. The molecular formula is C23H22F2N2O5. The van der Waals surface area contributed by atoms with Gasteiger partial charge in [-0.3, -0.25) is 4.79 Å². The Balaban J connectivity index is 1.54. The molecule has 7 nitrogen and oxygen atoms in total. The van der Waals surface area contributed by atoms with Crippen LogP contribution in [0, 0.1) is 0 Å². The zero-order valence-electron chi connectivity index (χ0n) is 17.1. The van der Waals surface area contributed by atoms with E-state index in [-0.39, 0.29) is 31.9 Å². The number of esters is 1. The summed E-state index contributed by atoms with van der Waals surface area (Å²) in [4.78, 5) is 40.4. The second kappa shape index (κ2) is 10.6. The van der Waals surface area contributed by atoms with Crippen LogP contribution >= 0.6 is 0 Å². The zero-order valence-corrected chi connectivity index (χ0v) is 17.1. The summed E-state index contributed by atoms with van der Waals surface area (Å²) in [6.07, 6.45) is -3.75. The van der Waals surface area contributed by atoms with Crippen molar-refractivity contribution in [3.05, 3.63) is 71.8 Å². The monoisotopic (exact) mass is 444 g/mol. The van der Waals surface area contributed by atoms with Gasteiger partial charge in [0.25, 0.3) is 6.43 Å². The zero-order chi connectivity index (χ0) is 23.0. The van der Waals surface area contributed by atoms with Crippen LogP contribution in [0.3, 0.4) is 0 Å². The number of carbonyl (C=O) groups excluding carboxylic acids is 3. The fourth-order valence-corrected chi connectivity index (χ4v) is 3.21. The third-order valence-corrected chi connectivity index (χ3v) is 4.89. The molecule has 0 bridgehead atoms. The largest absolute Gasteiger partial charge is 0.445 e. The molecule has 32 heavy (non-hydrogen) atoms. The summed E-state index contributed by atoms with van der Waals surface area (Å²) < 4.78 is 36.6. The van der Waals surface area contributed by atoms with Crippen LogP contribution < -0.4 is 5.32 Å². The first-order valence-corrected chi connectivity index (χ1v) is 10.1. The van der Waals surface area contributed by atoms with Gasteiger partial charge < -0.3 is 14.8 Å². The molecular weight excluding hydrogens is 422 g/mol. The van der Waals surface area contributed by atoms with Crippen LogP contribution in [0.1, 0.15) is 30.4 Å². The lowest BCUT2D eigenvalue weighted by Crippen LogP contribution is -2.46. The molecule has 1 heterocycles. The normalized spacial score (nSPS) is 17.6. The molecule has 0 radical (unpaired) electrons. The smallest absolute Gasteiger partial charge is 0.407 e. The fraction of sp³-hybridized carbons (Fsp3) is 0.304. The van der Waals surface area contributed by atoms with Crippen molar-refractivity contribution in [1.82, 2.24) is 5.32 Å². The van der Waals surface area contributed by atoms with Gasteiger partial charge in [0.05, 0.1) is 0 Å². The standard InChI is InChI=1S/C23H22F2N2O5/c24-19(25)18(28)23(21(29)32-20(27-23)17-11-5-2-6-12-17)13-7-8-14-26-22(30)31-15-16-9-3-1-4-10-16/h1-6,9-12,19H,7-8,13-15H2,(H,26,30). The summed E-state index contributed by atoms with van der Waals surface area (Å²) in [5, 5.41) is 2.54. The molecule has 1 atom stereocenters. The van der Waals surface area contributed by atoms with Crippen molar-refractivity contribution in [1.29, 1.82) is 0 Å². The molecule has 3 rings (SSSR count). The van der Waals surface area contributed by atoms with Gasteiger partial charge in [0.1, 0.15) is 6.61 Å². The number of Topliss-reactive ketones (excluding diaryl/α,β-unsaturated/α-hetero) is 1. The topological polar surface area (TPSA) is 94.1 Å². The lowest BCUT2D eigenvalue weighted by Gasteiger charge is -2.19. The van der Waals surface area contributed by atoms with Crippen molar-refractivity contribution in [2.45, 2.75) is 37.8 Å². The molecule has 1 aliphatic heterocycles. The summed E-state index contributed by atoms with van der Waals surface area (Å²) >= 11 is 0. The van der Waals surface area contributed by atoms with Crippen molar-refractivity contribution in [3.63, 3.8) is 0 Å². The molecule has 0 aliphatic carbocycles. The maximum Gasteiger partial charge on any atom is 0.407 e. The summed E-state index contributed by atoms with van der Waals surface area (Å²) in [6, 6.07) is 17.4. The Morgan fingerprint density at radius 3 is 2.34 bits per heavy atom. The van der Waals surface area contributed by atoms with E-state index in [1.54, 1.807) is 30.3 Å². The number of hydrogen-bond acceptors (Lipinski definition) is 6. The number of ether oxygens (including phenoxy) is 2. The number of cyclic esters (lactones) is 1. The van der Waals surface area contributed by atoms with Gasteiger partial charge in [0, 0.05) is 12.1 Å². The highest BCUT2D eigenvalue weighted by atomic mass is 19.3. The molecule has 0 saturated carbocycles. The van der Waals surface area contributed by atoms with Crippen LogP contribution in [-0.4, -0.2) is 42.3 Å². The number of alkyl carbamates (subject to hydrolysis) is 1. The summed E-state index contributed by atoms with van der Waals surface area (Å²) in [6.45, 7) is 0.290. The second-order valence-corrected chi connectivity index (χ2v) is 7.14. The van der Waals surface area contributed by atoms with E-state index in [1.807, 2.05) is 30.3 Å². The Morgan fingerprint density at radius 1 is 1.03 bits per heavy atom. The average Bonchev–Trinajstić information content (AvgIpc) is 3.15. The minimum absolute atomic E-state index is 0.113. The van der Waals surface area contributed by atoms with Crippen LogP contribution in [0.5, 0.6) is 0 Å². The SMILES string of the molecule is O=C(NCCCCC1(C(=O)C(F)F)N=C(c2ccccc2)OC1=O)OCc1ccccc1. The Bertz CT molecular complexity index is 982. The number of unbranched alkanes of at least 4 members (excludes halogenated alkanes) is 1. The Kier molecular flexibility index (Phi) is 7.64. The fourth-order valence-electron chi connectivity index (χ4n) is 3.21. The van der Waals surface area contributed by atoms with Crippen molar-refractivity contribution in [3.8, 4) is 0 Å². The van der Waals surface area contributed by atoms with Gasteiger partial charge in [-0.1, -0.05) is 48.5 Å². The molecule has 1 N–H and O–H groups in total. The van der Waals surface area contributed by atoms with Crippen molar-refractivity contribution < 1.29 is 32.6 Å². The van der Waals surface area contributed by atoms with Crippen LogP contribution in [0.2, 0.25) is 0 Å². The number of alkyl halides is 2. The molecule has 2 aromatic carbocycles. The van der Waals surface area contributed by atoms with Gasteiger partial charge in [-0.25, -0.2) is 23.4 Å². The molecule has 1 aliphatic rings. The summed E-state index contributed by atoms with van der Waals surface area (Å²) in [5.41, 5.74) is -1.04. The maximum atomic E-state index is 13.2. The van der Waals surface area contributed by atoms with Crippen molar-refractivity contribution >= 4 is 23.7 Å². The first-order chi connectivity index (χ1) is 15.4. The number of halogens is 2. The molecule has 9 heteroatoms. The van der Waals surface area contributed by atoms with Gasteiger partial charge in [-0.05, 0) is 37.0 Å². The molecule has 1 unspecified atom stereocenters. The number of aliphatic imine (C=N–C) groups is 1. The van der Waals surface area contributed by atoms with Gasteiger partial charge in [-0.2, -0.15) is 0 Å². The number of benzene rings is 2. The van der Waals surface area contributed by atoms with Gasteiger partial charge >= 0.3 is 12.1 Å².